The van der Waals surface area contributed by atoms with Crippen molar-refractivity contribution < 1.29 is 4.79 Å². The predicted octanol–water partition coefficient (Wildman–Crippen LogP) is 0.566. The van der Waals surface area contributed by atoms with E-state index >= 15 is 0 Å². The lowest BCUT2D eigenvalue weighted by Gasteiger charge is -2.07. The molecule has 16 heavy (non-hydrogen) atoms. The van der Waals surface area contributed by atoms with E-state index in [2.05, 4.69) is 4.98 Å². The monoisotopic (exact) mass is 217 g/mol. The molecule has 4 heteroatoms. The second-order valence-electron chi connectivity index (χ2n) is 3.84. The van der Waals surface area contributed by atoms with Gasteiger partial charge in [0, 0.05) is 17.1 Å². The molecule has 1 heterocycles. The SMILES string of the molecule is NCC(=O)[C@@H](N)Cc1c[nH]c2ccccc12. The number of aromatic nitrogens is 1. The molecular formula is C12H15N3O. The Balaban J connectivity index is 2.24. The Morgan fingerprint density at radius 3 is 2.88 bits per heavy atom. The highest BCUT2D eigenvalue weighted by Crippen LogP contribution is 2.18. The summed E-state index contributed by atoms with van der Waals surface area (Å²) in [7, 11) is 0. The van der Waals surface area contributed by atoms with Gasteiger partial charge in [0.2, 0.25) is 0 Å². The van der Waals surface area contributed by atoms with Gasteiger partial charge in [0.15, 0.2) is 5.78 Å². The minimum atomic E-state index is -0.510. The molecule has 2 rings (SSSR count). The summed E-state index contributed by atoms with van der Waals surface area (Å²) in [5.41, 5.74) is 13.2. The zero-order valence-electron chi connectivity index (χ0n) is 8.94. The maximum absolute atomic E-state index is 11.3. The van der Waals surface area contributed by atoms with Crippen molar-refractivity contribution in [2.24, 2.45) is 11.5 Å². The van der Waals surface area contributed by atoms with Gasteiger partial charge in [0.05, 0.1) is 12.6 Å². The van der Waals surface area contributed by atoms with Gasteiger partial charge in [-0.15, -0.1) is 0 Å². The molecule has 0 radical (unpaired) electrons. The second-order valence-corrected chi connectivity index (χ2v) is 3.84. The topological polar surface area (TPSA) is 84.9 Å². The minimum absolute atomic E-state index is 0.00349. The molecule has 0 unspecified atom stereocenters. The molecule has 0 spiro atoms. The third kappa shape index (κ3) is 1.98. The van der Waals surface area contributed by atoms with E-state index in [0.29, 0.717) is 6.42 Å². The van der Waals surface area contributed by atoms with Crippen molar-refractivity contribution in [3.05, 3.63) is 36.0 Å². The fourth-order valence-corrected chi connectivity index (χ4v) is 1.80. The van der Waals surface area contributed by atoms with Crippen molar-refractivity contribution in [2.75, 3.05) is 6.54 Å². The Hall–Kier alpha value is -1.65. The van der Waals surface area contributed by atoms with Crippen molar-refractivity contribution in [2.45, 2.75) is 12.5 Å². The molecule has 2 aromatic rings. The zero-order chi connectivity index (χ0) is 11.5. The summed E-state index contributed by atoms with van der Waals surface area (Å²) in [5.74, 6) is -0.106. The number of carbonyl (C=O) groups is 1. The van der Waals surface area contributed by atoms with Gasteiger partial charge in [-0.3, -0.25) is 4.79 Å². The Bertz CT molecular complexity index is 504. The van der Waals surface area contributed by atoms with Crippen LogP contribution in [0.1, 0.15) is 5.56 Å². The Kier molecular flexibility index (Phi) is 3.03. The molecule has 1 aromatic carbocycles. The minimum Gasteiger partial charge on any atom is -0.361 e. The van der Waals surface area contributed by atoms with Crippen LogP contribution in [-0.4, -0.2) is 23.4 Å². The van der Waals surface area contributed by atoms with Crippen LogP contribution in [0.4, 0.5) is 0 Å². The fourth-order valence-electron chi connectivity index (χ4n) is 1.80. The van der Waals surface area contributed by atoms with Crippen molar-refractivity contribution in [1.29, 1.82) is 0 Å². The number of para-hydroxylation sites is 1. The number of Topliss-reactive ketones (excluding diaryl/α,β-unsaturated/α-hetero) is 1. The van der Waals surface area contributed by atoms with Gasteiger partial charge in [-0.05, 0) is 18.1 Å². The molecule has 0 aliphatic carbocycles. The zero-order valence-corrected chi connectivity index (χ0v) is 8.94. The smallest absolute Gasteiger partial charge is 0.163 e. The van der Waals surface area contributed by atoms with E-state index in [9.17, 15) is 4.79 Å². The highest BCUT2D eigenvalue weighted by molar-refractivity contribution is 5.88. The summed E-state index contributed by atoms with van der Waals surface area (Å²) in [5, 5.41) is 1.11. The summed E-state index contributed by atoms with van der Waals surface area (Å²) in [6, 6.07) is 7.43. The molecule has 0 saturated heterocycles. The molecule has 0 bridgehead atoms. The van der Waals surface area contributed by atoms with Crippen LogP contribution in [0.5, 0.6) is 0 Å². The van der Waals surface area contributed by atoms with Crippen LogP contribution >= 0.6 is 0 Å². The first-order chi connectivity index (χ1) is 7.72. The molecule has 0 aliphatic heterocycles. The molecule has 4 nitrogen and oxygen atoms in total. The van der Waals surface area contributed by atoms with Crippen LogP contribution in [0, 0.1) is 0 Å². The van der Waals surface area contributed by atoms with Crippen molar-refractivity contribution in [3.63, 3.8) is 0 Å². The lowest BCUT2D eigenvalue weighted by molar-refractivity contribution is -0.118. The summed E-state index contributed by atoms with van der Waals surface area (Å²) >= 11 is 0. The first kappa shape index (κ1) is 10.9. The summed E-state index contributed by atoms with van der Waals surface area (Å²) in [6.45, 7) is 0.00349. The number of rotatable bonds is 4. The quantitative estimate of drug-likeness (QED) is 0.699. The molecule has 0 aliphatic rings. The van der Waals surface area contributed by atoms with Crippen LogP contribution in [0.3, 0.4) is 0 Å². The molecule has 84 valence electrons. The van der Waals surface area contributed by atoms with E-state index in [-0.39, 0.29) is 12.3 Å². The number of ketones is 1. The first-order valence-electron chi connectivity index (χ1n) is 5.25. The number of H-pyrrole nitrogens is 1. The largest absolute Gasteiger partial charge is 0.361 e. The van der Waals surface area contributed by atoms with Crippen LogP contribution < -0.4 is 11.5 Å². The molecule has 1 aromatic heterocycles. The second kappa shape index (κ2) is 4.47. The van der Waals surface area contributed by atoms with E-state index in [0.717, 1.165) is 16.5 Å². The molecular weight excluding hydrogens is 202 g/mol. The lowest BCUT2D eigenvalue weighted by atomic mass is 10.0. The highest BCUT2D eigenvalue weighted by Gasteiger charge is 2.14. The number of aromatic amines is 1. The van der Waals surface area contributed by atoms with Crippen LogP contribution in [0.2, 0.25) is 0 Å². The van der Waals surface area contributed by atoms with E-state index in [1.807, 2.05) is 30.5 Å². The van der Waals surface area contributed by atoms with Crippen LogP contribution in [0.15, 0.2) is 30.5 Å². The van der Waals surface area contributed by atoms with Gasteiger partial charge < -0.3 is 16.5 Å². The Morgan fingerprint density at radius 2 is 2.12 bits per heavy atom. The number of nitrogens with one attached hydrogen (secondary N) is 1. The maximum Gasteiger partial charge on any atom is 0.163 e. The van der Waals surface area contributed by atoms with Gasteiger partial charge in [-0.25, -0.2) is 0 Å². The number of fused-ring (bicyclic) bond motifs is 1. The summed E-state index contributed by atoms with van der Waals surface area (Å²) < 4.78 is 0. The fraction of sp³-hybridized carbons (Fsp3) is 0.250. The van der Waals surface area contributed by atoms with E-state index in [4.69, 9.17) is 11.5 Å². The highest BCUT2D eigenvalue weighted by atomic mass is 16.1. The van der Waals surface area contributed by atoms with Gasteiger partial charge >= 0.3 is 0 Å². The molecule has 5 N–H and O–H groups in total. The van der Waals surface area contributed by atoms with E-state index < -0.39 is 6.04 Å². The Morgan fingerprint density at radius 1 is 1.38 bits per heavy atom. The summed E-state index contributed by atoms with van der Waals surface area (Å²) in [4.78, 5) is 14.5. The lowest BCUT2D eigenvalue weighted by Crippen LogP contribution is -2.37. The van der Waals surface area contributed by atoms with Gasteiger partial charge in [-0.1, -0.05) is 18.2 Å². The maximum atomic E-state index is 11.3. The van der Waals surface area contributed by atoms with Crippen molar-refractivity contribution in [3.8, 4) is 0 Å². The van der Waals surface area contributed by atoms with E-state index in [1.54, 1.807) is 0 Å². The molecule has 1 atom stereocenters. The van der Waals surface area contributed by atoms with E-state index in [1.165, 1.54) is 0 Å². The average molecular weight is 217 g/mol. The average Bonchev–Trinajstić information content (AvgIpc) is 2.72. The summed E-state index contributed by atoms with van der Waals surface area (Å²) in [6.07, 6.45) is 2.42. The van der Waals surface area contributed by atoms with Crippen molar-refractivity contribution in [1.82, 2.24) is 4.98 Å². The Labute approximate surface area is 93.6 Å². The standard InChI is InChI=1S/C12H15N3O/c13-6-12(16)10(14)5-8-7-15-11-4-2-1-3-9(8)11/h1-4,7,10,15H,5-6,13-14H2/t10-/m0/s1. The van der Waals surface area contributed by atoms with Crippen molar-refractivity contribution >= 4 is 16.7 Å². The third-order valence-electron chi connectivity index (χ3n) is 2.73. The van der Waals surface area contributed by atoms with Gasteiger partial charge in [0.1, 0.15) is 0 Å². The molecule has 0 saturated carbocycles. The van der Waals surface area contributed by atoms with Crippen LogP contribution in [-0.2, 0) is 11.2 Å². The number of nitrogens with two attached hydrogens (primary N) is 2. The number of hydrogen-bond donors (Lipinski definition) is 3. The number of benzene rings is 1. The van der Waals surface area contributed by atoms with Gasteiger partial charge in [-0.2, -0.15) is 0 Å². The molecule has 0 fully saturated rings. The van der Waals surface area contributed by atoms with Gasteiger partial charge in [0.25, 0.3) is 0 Å². The third-order valence-corrected chi connectivity index (χ3v) is 2.73. The number of carbonyl (C=O) groups excluding carboxylic acids is 1. The molecule has 0 amide bonds. The predicted molar refractivity (Wildman–Crippen MR) is 64.0 cm³/mol. The first-order valence-corrected chi connectivity index (χ1v) is 5.25. The normalized spacial score (nSPS) is 12.9. The van der Waals surface area contributed by atoms with Crippen LogP contribution in [0.25, 0.3) is 10.9 Å². The number of hydrogen-bond acceptors (Lipinski definition) is 3.